The lowest BCUT2D eigenvalue weighted by Gasteiger charge is -2.08. The molecule has 0 aliphatic carbocycles. The zero-order valence-corrected chi connectivity index (χ0v) is 14.8. The van der Waals surface area contributed by atoms with Crippen molar-refractivity contribution in [2.75, 3.05) is 0 Å². The lowest BCUT2D eigenvalue weighted by atomic mass is 10.1. The van der Waals surface area contributed by atoms with Gasteiger partial charge in [0.2, 0.25) is 0 Å². The van der Waals surface area contributed by atoms with Crippen LogP contribution < -0.4 is 10.1 Å². The van der Waals surface area contributed by atoms with Crippen LogP contribution in [-0.2, 0) is 13.2 Å². The first-order valence-corrected chi connectivity index (χ1v) is 8.76. The van der Waals surface area contributed by atoms with Crippen LogP contribution in [0.25, 0.3) is 0 Å². The van der Waals surface area contributed by atoms with Gasteiger partial charge in [0.25, 0.3) is 5.91 Å². The van der Waals surface area contributed by atoms with E-state index in [1.807, 2.05) is 12.3 Å². The van der Waals surface area contributed by atoms with Gasteiger partial charge < -0.3 is 10.1 Å². The predicted molar refractivity (Wildman–Crippen MR) is 95.2 cm³/mol. The molecular weight excluding hydrogens is 358 g/mol. The molecule has 7 heteroatoms. The van der Waals surface area contributed by atoms with E-state index in [0.29, 0.717) is 17.9 Å². The Bertz CT molecular complexity index is 890. The Balaban J connectivity index is 1.56. The lowest BCUT2D eigenvalue weighted by Crippen LogP contribution is -2.23. The molecule has 3 aromatic rings. The Kier molecular flexibility index (Phi) is 5.58. The number of carbonyl (C=O) groups is 1. The molecule has 1 aromatic heterocycles. The molecule has 0 saturated carbocycles. The number of amides is 1. The first-order chi connectivity index (χ1) is 12.5. The molecule has 0 unspecified atom stereocenters. The number of aryl methyl sites for hydroxylation is 1. The molecule has 1 N–H and O–H groups in total. The van der Waals surface area contributed by atoms with Crippen molar-refractivity contribution >= 4 is 17.2 Å². The standard InChI is InChI=1S/C19H16F2N2O2S/c1-12-11-26-18(23-12)10-25-14-7-5-13(6-8-14)19(24)22-9-15-16(20)3-2-4-17(15)21/h2-8,11H,9-10H2,1H3,(H,22,24). The summed E-state index contributed by atoms with van der Waals surface area (Å²) in [6, 6.07) is 10.1. The van der Waals surface area contributed by atoms with Gasteiger partial charge in [0.05, 0.1) is 0 Å². The van der Waals surface area contributed by atoms with Crippen LogP contribution >= 0.6 is 11.3 Å². The van der Waals surface area contributed by atoms with Crippen molar-refractivity contribution in [3.63, 3.8) is 0 Å². The van der Waals surface area contributed by atoms with Crippen LogP contribution in [-0.4, -0.2) is 10.9 Å². The second-order valence-corrected chi connectivity index (χ2v) is 6.52. The second-order valence-electron chi connectivity index (χ2n) is 5.58. The van der Waals surface area contributed by atoms with Gasteiger partial charge in [-0.15, -0.1) is 11.3 Å². The third kappa shape index (κ3) is 4.43. The van der Waals surface area contributed by atoms with Gasteiger partial charge in [-0.05, 0) is 43.3 Å². The molecule has 1 amide bonds. The highest BCUT2D eigenvalue weighted by molar-refractivity contribution is 7.09. The van der Waals surface area contributed by atoms with E-state index in [9.17, 15) is 13.6 Å². The molecule has 0 aliphatic rings. The van der Waals surface area contributed by atoms with Crippen molar-refractivity contribution in [1.29, 1.82) is 0 Å². The van der Waals surface area contributed by atoms with Crippen LogP contribution in [0.1, 0.15) is 26.6 Å². The van der Waals surface area contributed by atoms with E-state index in [4.69, 9.17) is 4.74 Å². The average molecular weight is 374 g/mol. The second kappa shape index (κ2) is 8.05. The number of aromatic nitrogens is 1. The van der Waals surface area contributed by atoms with E-state index in [2.05, 4.69) is 10.3 Å². The minimum atomic E-state index is -0.688. The number of benzene rings is 2. The van der Waals surface area contributed by atoms with E-state index in [-0.39, 0.29) is 12.1 Å². The lowest BCUT2D eigenvalue weighted by molar-refractivity contribution is 0.0950. The molecule has 0 saturated heterocycles. The maximum Gasteiger partial charge on any atom is 0.251 e. The summed E-state index contributed by atoms with van der Waals surface area (Å²) in [4.78, 5) is 16.4. The maximum absolute atomic E-state index is 13.6. The molecule has 0 fully saturated rings. The molecule has 0 radical (unpaired) electrons. The maximum atomic E-state index is 13.6. The average Bonchev–Trinajstić information content (AvgIpc) is 3.05. The first kappa shape index (κ1) is 18.0. The fourth-order valence-corrected chi connectivity index (χ4v) is 2.97. The van der Waals surface area contributed by atoms with E-state index < -0.39 is 17.5 Å². The van der Waals surface area contributed by atoms with Crippen LogP contribution in [0.4, 0.5) is 8.78 Å². The number of thiazole rings is 1. The summed E-state index contributed by atoms with van der Waals surface area (Å²) in [5.74, 6) is -1.19. The molecular formula is C19H16F2N2O2S. The molecule has 0 atom stereocenters. The highest BCUT2D eigenvalue weighted by Crippen LogP contribution is 2.17. The SMILES string of the molecule is Cc1csc(COc2ccc(C(=O)NCc3c(F)cccc3F)cc2)n1. The predicted octanol–water partition coefficient (Wildman–Crippen LogP) is 4.24. The van der Waals surface area contributed by atoms with E-state index in [1.165, 1.54) is 17.4 Å². The van der Waals surface area contributed by atoms with E-state index in [1.54, 1.807) is 24.3 Å². The van der Waals surface area contributed by atoms with Crippen LogP contribution in [0.2, 0.25) is 0 Å². The molecule has 0 aliphatic heterocycles. The molecule has 26 heavy (non-hydrogen) atoms. The molecule has 2 aromatic carbocycles. The van der Waals surface area contributed by atoms with E-state index in [0.717, 1.165) is 22.8 Å². The van der Waals surface area contributed by atoms with Crippen LogP contribution in [0.3, 0.4) is 0 Å². The van der Waals surface area contributed by atoms with Crippen LogP contribution in [0, 0.1) is 18.6 Å². The number of nitrogens with zero attached hydrogens (tertiary/aromatic N) is 1. The van der Waals surface area contributed by atoms with Crippen molar-refractivity contribution in [3.8, 4) is 5.75 Å². The van der Waals surface area contributed by atoms with Crippen molar-refractivity contribution in [2.45, 2.75) is 20.1 Å². The summed E-state index contributed by atoms with van der Waals surface area (Å²) in [7, 11) is 0. The summed E-state index contributed by atoms with van der Waals surface area (Å²) in [6.45, 7) is 2.05. The van der Waals surface area contributed by atoms with Gasteiger partial charge >= 0.3 is 0 Å². The Morgan fingerprint density at radius 2 is 1.85 bits per heavy atom. The zero-order chi connectivity index (χ0) is 18.5. The summed E-state index contributed by atoms with van der Waals surface area (Å²) < 4.78 is 32.8. The number of hydrogen-bond donors (Lipinski definition) is 1. The molecule has 1 heterocycles. The molecule has 0 bridgehead atoms. The molecule has 4 nitrogen and oxygen atoms in total. The number of nitrogens with one attached hydrogen (secondary N) is 1. The number of hydrogen-bond acceptors (Lipinski definition) is 4. The third-order valence-electron chi connectivity index (χ3n) is 3.63. The topological polar surface area (TPSA) is 51.2 Å². The zero-order valence-electron chi connectivity index (χ0n) is 14.0. The fourth-order valence-electron chi connectivity index (χ4n) is 2.29. The Morgan fingerprint density at radius 3 is 2.46 bits per heavy atom. The first-order valence-electron chi connectivity index (χ1n) is 7.88. The molecule has 0 spiro atoms. The summed E-state index contributed by atoms with van der Waals surface area (Å²) in [6.07, 6.45) is 0. The van der Waals surface area contributed by atoms with Crippen LogP contribution in [0.15, 0.2) is 47.8 Å². The third-order valence-corrected chi connectivity index (χ3v) is 4.57. The van der Waals surface area contributed by atoms with Gasteiger partial charge in [-0.3, -0.25) is 4.79 Å². The Hall–Kier alpha value is -2.80. The van der Waals surface area contributed by atoms with Gasteiger partial charge in [-0.1, -0.05) is 6.07 Å². The smallest absolute Gasteiger partial charge is 0.251 e. The minimum Gasteiger partial charge on any atom is -0.486 e. The van der Waals surface area contributed by atoms with Crippen molar-refractivity contribution in [2.24, 2.45) is 0 Å². The monoisotopic (exact) mass is 374 g/mol. The Labute approximate surface area is 153 Å². The summed E-state index contributed by atoms with van der Waals surface area (Å²) in [5.41, 5.74) is 1.16. The summed E-state index contributed by atoms with van der Waals surface area (Å²) in [5, 5.41) is 5.33. The van der Waals surface area contributed by atoms with Crippen molar-refractivity contribution in [1.82, 2.24) is 10.3 Å². The number of ether oxygens (including phenoxy) is 1. The van der Waals surface area contributed by atoms with Gasteiger partial charge in [0.1, 0.15) is 29.0 Å². The van der Waals surface area contributed by atoms with Gasteiger partial charge in [0, 0.05) is 28.7 Å². The highest BCUT2D eigenvalue weighted by atomic mass is 32.1. The summed E-state index contributed by atoms with van der Waals surface area (Å²) >= 11 is 1.52. The van der Waals surface area contributed by atoms with Crippen LogP contribution in [0.5, 0.6) is 5.75 Å². The fraction of sp³-hybridized carbons (Fsp3) is 0.158. The van der Waals surface area contributed by atoms with Crippen molar-refractivity contribution < 1.29 is 18.3 Å². The highest BCUT2D eigenvalue weighted by Gasteiger charge is 2.11. The number of rotatable bonds is 6. The number of carbonyl (C=O) groups excluding carboxylic acids is 1. The number of halogens is 2. The van der Waals surface area contributed by atoms with Crippen molar-refractivity contribution in [3.05, 3.63) is 81.3 Å². The largest absolute Gasteiger partial charge is 0.486 e. The molecule has 134 valence electrons. The van der Waals surface area contributed by atoms with Gasteiger partial charge in [-0.25, -0.2) is 13.8 Å². The van der Waals surface area contributed by atoms with E-state index >= 15 is 0 Å². The Morgan fingerprint density at radius 1 is 1.15 bits per heavy atom. The minimum absolute atomic E-state index is 0.167. The quantitative estimate of drug-likeness (QED) is 0.702. The van der Waals surface area contributed by atoms with Gasteiger partial charge in [0.15, 0.2) is 0 Å². The molecule has 3 rings (SSSR count). The normalized spacial score (nSPS) is 10.6. The van der Waals surface area contributed by atoms with Gasteiger partial charge in [-0.2, -0.15) is 0 Å².